The Morgan fingerprint density at radius 3 is 3.06 bits per heavy atom. The molecule has 0 spiro atoms. The van der Waals surface area contributed by atoms with E-state index >= 15 is 0 Å². The van der Waals surface area contributed by atoms with Gasteiger partial charge in [0, 0.05) is 29.0 Å². The van der Waals surface area contributed by atoms with E-state index in [-0.39, 0.29) is 0 Å². The number of thioether (sulfide) groups is 1. The van der Waals surface area contributed by atoms with Crippen LogP contribution in [0.3, 0.4) is 0 Å². The summed E-state index contributed by atoms with van der Waals surface area (Å²) in [6.45, 7) is 0. The van der Waals surface area contributed by atoms with E-state index in [0.29, 0.717) is 24.3 Å². The van der Waals surface area contributed by atoms with Gasteiger partial charge in [-0.25, -0.2) is 0 Å². The second kappa shape index (κ2) is 4.02. The van der Waals surface area contributed by atoms with E-state index in [2.05, 4.69) is 23.1 Å². The highest BCUT2D eigenvalue weighted by Gasteiger charge is 2.44. The molecule has 2 nitrogen and oxygen atoms in total. The topological polar surface area (TPSA) is 20.3 Å². The number of hydrogen-bond donors (Lipinski definition) is 0. The van der Waals surface area contributed by atoms with E-state index < -0.39 is 0 Å². The predicted molar refractivity (Wildman–Crippen MR) is 74.3 cm³/mol. The molecule has 1 aromatic rings. The number of anilines is 1. The summed E-state index contributed by atoms with van der Waals surface area (Å²) in [6.07, 6.45) is 5.74. The van der Waals surface area contributed by atoms with Crippen LogP contribution >= 0.6 is 11.8 Å². The average Bonchev–Trinajstić information content (AvgIpc) is 2.64. The smallest absolute Gasteiger partial charge is 0.228 e. The van der Waals surface area contributed by atoms with Gasteiger partial charge in [-0.05, 0) is 24.5 Å². The van der Waals surface area contributed by atoms with Gasteiger partial charge in [0.2, 0.25) is 5.91 Å². The van der Waals surface area contributed by atoms with Gasteiger partial charge in [-0.2, -0.15) is 0 Å². The number of para-hydroxylation sites is 1. The fraction of sp³-hybridized carbons (Fsp3) is 0.533. The van der Waals surface area contributed by atoms with Crippen molar-refractivity contribution in [2.24, 2.45) is 0 Å². The van der Waals surface area contributed by atoms with E-state index in [1.165, 1.54) is 41.8 Å². The first kappa shape index (κ1) is 10.9. The Hall–Kier alpha value is -0.960. The lowest BCUT2D eigenvalue weighted by Gasteiger charge is -2.31. The number of rotatable bonds is 0. The lowest BCUT2D eigenvalue weighted by atomic mass is 9.82. The first-order chi connectivity index (χ1) is 8.86. The molecule has 4 rings (SSSR count). The quantitative estimate of drug-likeness (QED) is 0.710. The van der Waals surface area contributed by atoms with Crippen LogP contribution in [-0.4, -0.2) is 17.7 Å². The summed E-state index contributed by atoms with van der Waals surface area (Å²) in [4.78, 5) is 15.9. The van der Waals surface area contributed by atoms with Crippen LogP contribution in [0.4, 0.5) is 5.69 Å². The molecule has 18 heavy (non-hydrogen) atoms. The van der Waals surface area contributed by atoms with Gasteiger partial charge in [0.05, 0.1) is 5.69 Å². The molecule has 2 atom stereocenters. The van der Waals surface area contributed by atoms with Crippen molar-refractivity contribution in [3.63, 3.8) is 0 Å². The number of carbonyl (C=O) groups excluding carboxylic acids is 1. The summed E-state index contributed by atoms with van der Waals surface area (Å²) in [7, 11) is 0. The summed E-state index contributed by atoms with van der Waals surface area (Å²) in [5.41, 5.74) is 2.71. The number of nitrogens with zero attached hydrogens (tertiary/aromatic N) is 1. The molecule has 0 saturated heterocycles. The van der Waals surface area contributed by atoms with Crippen molar-refractivity contribution in [2.75, 3.05) is 10.7 Å². The molecule has 0 bridgehead atoms. The third-order valence-electron chi connectivity index (χ3n) is 4.57. The third-order valence-corrected chi connectivity index (χ3v) is 5.62. The van der Waals surface area contributed by atoms with Crippen molar-refractivity contribution >= 4 is 23.4 Å². The molecule has 94 valence electrons. The minimum atomic E-state index is 0.350. The van der Waals surface area contributed by atoms with Crippen LogP contribution in [0.1, 0.15) is 43.6 Å². The zero-order valence-electron chi connectivity index (χ0n) is 10.4. The molecule has 2 heterocycles. The number of carbonyl (C=O) groups is 1. The van der Waals surface area contributed by atoms with Gasteiger partial charge in [0.1, 0.15) is 0 Å². The SMILES string of the molecule is O=C1CCSc2cccc3c2N1C1CCCCC31. The van der Waals surface area contributed by atoms with Crippen molar-refractivity contribution in [2.45, 2.75) is 49.0 Å². The van der Waals surface area contributed by atoms with Crippen LogP contribution < -0.4 is 4.90 Å². The molecule has 1 amide bonds. The third kappa shape index (κ3) is 1.40. The number of hydrogen-bond acceptors (Lipinski definition) is 2. The van der Waals surface area contributed by atoms with Crippen molar-refractivity contribution in [1.82, 2.24) is 0 Å². The van der Waals surface area contributed by atoms with Crippen LogP contribution in [0.2, 0.25) is 0 Å². The fourth-order valence-corrected chi connectivity index (χ4v) is 4.86. The highest BCUT2D eigenvalue weighted by molar-refractivity contribution is 7.99. The summed E-state index contributed by atoms with van der Waals surface area (Å²) in [5, 5.41) is 0. The van der Waals surface area contributed by atoms with Gasteiger partial charge in [0.15, 0.2) is 0 Å². The molecule has 1 aromatic carbocycles. The molecule has 0 aromatic heterocycles. The summed E-state index contributed by atoms with van der Waals surface area (Å²) in [6, 6.07) is 7.07. The van der Waals surface area contributed by atoms with Crippen molar-refractivity contribution < 1.29 is 4.79 Å². The van der Waals surface area contributed by atoms with Gasteiger partial charge in [-0.3, -0.25) is 4.79 Å². The molecule has 1 saturated carbocycles. The summed E-state index contributed by atoms with van der Waals surface area (Å²) in [5.74, 6) is 1.89. The molecule has 3 heteroatoms. The lowest BCUT2D eigenvalue weighted by Crippen LogP contribution is -2.40. The average molecular weight is 259 g/mol. The number of benzene rings is 1. The molecule has 2 aliphatic heterocycles. The van der Waals surface area contributed by atoms with Gasteiger partial charge < -0.3 is 4.90 Å². The second-order valence-corrected chi connectivity index (χ2v) is 6.65. The Bertz CT molecular complexity index is 513. The van der Waals surface area contributed by atoms with E-state index in [9.17, 15) is 4.79 Å². The minimum absolute atomic E-state index is 0.350. The zero-order chi connectivity index (χ0) is 12.1. The number of fused-ring (bicyclic) bond motifs is 3. The van der Waals surface area contributed by atoms with Crippen LogP contribution in [-0.2, 0) is 4.79 Å². The minimum Gasteiger partial charge on any atom is -0.307 e. The molecule has 0 N–H and O–H groups in total. The molecular formula is C15H17NOS. The maximum Gasteiger partial charge on any atom is 0.228 e. The normalized spacial score (nSPS) is 29.8. The Morgan fingerprint density at radius 2 is 2.11 bits per heavy atom. The molecular weight excluding hydrogens is 242 g/mol. The van der Waals surface area contributed by atoms with Crippen LogP contribution in [0.15, 0.2) is 23.1 Å². The Labute approximate surface area is 112 Å². The van der Waals surface area contributed by atoms with Crippen molar-refractivity contribution in [3.8, 4) is 0 Å². The second-order valence-electron chi connectivity index (χ2n) is 5.51. The van der Waals surface area contributed by atoms with Crippen molar-refractivity contribution in [1.29, 1.82) is 0 Å². The first-order valence-electron chi connectivity index (χ1n) is 6.94. The number of amides is 1. The summed E-state index contributed by atoms with van der Waals surface area (Å²) >= 11 is 1.85. The van der Waals surface area contributed by atoms with Crippen LogP contribution in [0.25, 0.3) is 0 Å². The largest absolute Gasteiger partial charge is 0.307 e. The molecule has 1 aliphatic carbocycles. The van der Waals surface area contributed by atoms with Crippen LogP contribution in [0, 0.1) is 0 Å². The first-order valence-corrected chi connectivity index (χ1v) is 7.92. The van der Waals surface area contributed by atoms with Gasteiger partial charge in [0.25, 0.3) is 0 Å². The standard InChI is InChI=1S/C15H17NOS/c17-14-8-9-18-13-7-3-5-11-10-4-1-2-6-12(10)16(14)15(11)13/h3,5,7,10,12H,1-2,4,6,8-9H2. The summed E-state index contributed by atoms with van der Waals surface area (Å²) < 4.78 is 0. The fourth-order valence-electron chi connectivity index (χ4n) is 3.84. The van der Waals surface area contributed by atoms with Gasteiger partial charge in [-0.15, -0.1) is 11.8 Å². The zero-order valence-corrected chi connectivity index (χ0v) is 11.2. The highest BCUT2D eigenvalue weighted by Crippen LogP contribution is 2.52. The Morgan fingerprint density at radius 1 is 1.22 bits per heavy atom. The van der Waals surface area contributed by atoms with Gasteiger partial charge >= 0.3 is 0 Å². The molecule has 1 fully saturated rings. The van der Waals surface area contributed by atoms with Gasteiger partial charge in [-0.1, -0.05) is 25.0 Å². The maximum absolute atomic E-state index is 12.4. The predicted octanol–water partition coefficient (Wildman–Crippen LogP) is 3.56. The van der Waals surface area contributed by atoms with Crippen molar-refractivity contribution in [3.05, 3.63) is 23.8 Å². The monoisotopic (exact) mass is 259 g/mol. The highest BCUT2D eigenvalue weighted by atomic mass is 32.2. The molecule has 3 aliphatic rings. The Balaban J connectivity index is 1.92. The Kier molecular flexibility index (Phi) is 2.44. The van der Waals surface area contributed by atoms with Crippen LogP contribution in [0.5, 0.6) is 0 Å². The van der Waals surface area contributed by atoms with E-state index in [4.69, 9.17) is 0 Å². The maximum atomic E-state index is 12.4. The van der Waals surface area contributed by atoms with E-state index in [0.717, 1.165) is 5.75 Å². The van der Waals surface area contributed by atoms with E-state index in [1.54, 1.807) is 0 Å². The molecule has 2 unspecified atom stereocenters. The van der Waals surface area contributed by atoms with E-state index in [1.807, 2.05) is 11.8 Å². The lowest BCUT2D eigenvalue weighted by molar-refractivity contribution is -0.118. The molecule has 0 radical (unpaired) electrons.